The van der Waals surface area contributed by atoms with Crippen molar-refractivity contribution in [2.45, 2.75) is 36.0 Å². The fourth-order valence-corrected chi connectivity index (χ4v) is 2.12. The van der Waals surface area contributed by atoms with Gasteiger partial charge in [0.1, 0.15) is 10.1 Å². The van der Waals surface area contributed by atoms with Crippen molar-refractivity contribution in [3.05, 3.63) is 29.8 Å². The first-order valence-electron chi connectivity index (χ1n) is 8.12. The number of carbonyl (C=O) groups is 1. The average Bonchev–Trinajstić information content (AvgIpc) is 3.02. The molecule has 18 heavy (non-hydrogen) atoms. The number of alkyl halides is 2. The Labute approximate surface area is 124 Å². The van der Waals surface area contributed by atoms with Crippen molar-refractivity contribution >= 4 is 29.2 Å². The van der Waals surface area contributed by atoms with Crippen molar-refractivity contribution in [1.29, 1.82) is 0 Å². The van der Waals surface area contributed by atoms with Crippen molar-refractivity contribution in [3.8, 4) is 5.75 Å². The summed E-state index contributed by atoms with van der Waals surface area (Å²) in [4.78, 5) is 11.5. The highest BCUT2D eigenvalue weighted by Gasteiger charge is 2.52. The van der Waals surface area contributed by atoms with Gasteiger partial charge in [-0.25, -0.2) is 4.79 Å². The van der Waals surface area contributed by atoms with Crippen molar-refractivity contribution in [1.82, 2.24) is 0 Å². The van der Waals surface area contributed by atoms with Crippen LogP contribution >= 0.6 is 23.2 Å². The van der Waals surface area contributed by atoms with E-state index >= 15 is 0 Å². The van der Waals surface area contributed by atoms with E-state index < -0.39 is 29.6 Å². The van der Waals surface area contributed by atoms with E-state index in [4.69, 9.17) is 36.2 Å². The van der Waals surface area contributed by atoms with Gasteiger partial charge in [-0.3, -0.25) is 0 Å². The number of carboxylic acids is 1. The quantitative estimate of drug-likeness (QED) is 0.863. The summed E-state index contributed by atoms with van der Waals surface area (Å²) >= 11 is 11.9. The van der Waals surface area contributed by atoms with E-state index in [1.807, 2.05) is 0 Å². The Balaban J connectivity index is 2.35. The largest absolute Gasteiger partial charge is 0.478 e. The average molecular weight is 295 g/mol. The van der Waals surface area contributed by atoms with Crippen LogP contribution in [0, 0.1) is 0 Å². The van der Waals surface area contributed by atoms with Crippen LogP contribution in [-0.4, -0.2) is 21.0 Å². The number of hydrogen-bond donors (Lipinski definition) is 1. The minimum absolute atomic E-state index is 0.0932. The second-order valence-electron chi connectivity index (χ2n) is 4.18. The van der Waals surface area contributed by atoms with Gasteiger partial charge in [0.15, 0.2) is 5.60 Å². The maximum absolute atomic E-state index is 11.5. The lowest BCUT2D eigenvalue weighted by atomic mass is 10.1. The standard InChI is InChI=1S/C13H14Cl2O3/c1-12(2,11(16)17)18-9-5-3-8(4-6-9)10-7-13(10,14)15/h3-6,10H,7H2,1-2H3,(H,16,17)/i1D3,2D3. The fraction of sp³-hybridized carbons (Fsp3) is 0.462. The summed E-state index contributed by atoms with van der Waals surface area (Å²) in [5.74, 6) is -2.37. The highest BCUT2D eigenvalue weighted by atomic mass is 35.5. The Morgan fingerprint density at radius 1 is 1.50 bits per heavy atom. The molecule has 1 fully saturated rings. The van der Waals surface area contributed by atoms with Crippen molar-refractivity contribution in [2.75, 3.05) is 0 Å². The summed E-state index contributed by atoms with van der Waals surface area (Å²) in [5, 5.41) is 9.30. The molecule has 1 aromatic carbocycles. The van der Waals surface area contributed by atoms with E-state index in [0.29, 0.717) is 6.42 Å². The summed E-state index contributed by atoms with van der Waals surface area (Å²) in [6, 6.07) is 5.68. The zero-order valence-corrected chi connectivity index (χ0v) is 10.6. The zero-order valence-electron chi connectivity index (χ0n) is 15.1. The SMILES string of the molecule is [2H]C([2H])([2H])C(Oc1ccc(C2CC2(Cl)Cl)cc1)(C(=O)O)C([2H])([2H])[2H]. The number of rotatable bonds is 4. The normalized spacial score (nSPS) is 27.8. The van der Waals surface area contributed by atoms with Crippen molar-refractivity contribution < 1.29 is 22.9 Å². The number of carboxylic acid groups (broad SMARTS) is 1. The van der Waals surface area contributed by atoms with Gasteiger partial charge in [0.25, 0.3) is 0 Å². The smallest absolute Gasteiger partial charge is 0.347 e. The first-order valence-corrected chi connectivity index (χ1v) is 5.88. The molecule has 0 radical (unpaired) electrons. The molecule has 3 nitrogen and oxygen atoms in total. The van der Waals surface area contributed by atoms with Crippen molar-refractivity contribution in [3.63, 3.8) is 0 Å². The predicted octanol–water partition coefficient (Wildman–Crippen LogP) is 3.59. The highest BCUT2D eigenvalue weighted by Crippen LogP contribution is 2.59. The molecule has 0 spiro atoms. The molecule has 1 aromatic rings. The molecule has 1 N–H and O–H groups in total. The number of ether oxygens (including phenoxy) is 1. The summed E-state index contributed by atoms with van der Waals surface area (Å²) in [7, 11) is 0. The van der Waals surface area contributed by atoms with Gasteiger partial charge in [0, 0.05) is 14.1 Å². The minimum Gasteiger partial charge on any atom is -0.478 e. The molecule has 0 bridgehead atoms. The molecule has 1 aliphatic carbocycles. The molecule has 1 unspecified atom stereocenters. The van der Waals surface area contributed by atoms with Crippen LogP contribution in [0.2, 0.25) is 0 Å². The third-order valence-corrected chi connectivity index (χ3v) is 3.52. The molecule has 1 aliphatic rings. The number of hydrogen-bond acceptors (Lipinski definition) is 2. The molecule has 0 heterocycles. The topological polar surface area (TPSA) is 46.5 Å². The lowest BCUT2D eigenvalue weighted by molar-refractivity contribution is -0.152. The van der Waals surface area contributed by atoms with E-state index in [-0.39, 0.29) is 11.7 Å². The molecular weight excluding hydrogens is 275 g/mol. The maximum atomic E-state index is 11.5. The number of halogens is 2. The minimum atomic E-state index is -3.42. The molecular formula is C13H14Cl2O3. The Morgan fingerprint density at radius 2 is 2.06 bits per heavy atom. The van der Waals surface area contributed by atoms with Crippen LogP contribution in [0.3, 0.4) is 0 Å². The van der Waals surface area contributed by atoms with E-state index in [0.717, 1.165) is 5.56 Å². The van der Waals surface area contributed by atoms with E-state index in [1.54, 1.807) is 0 Å². The van der Waals surface area contributed by atoms with Crippen molar-refractivity contribution in [2.24, 2.45) is 0 Å². The molecule has 1 saturated carbocycles. The molecule has 1 atom stereocenters. The zero-order chi connectivity index (χ0) is 18.6. The molecule has 0 aromatic heterocycles. The van der Waals surface area contributed by atoms with Gasteiger partial charge in [-0.2, -0.15) is 0 Å². The van der Waals surface area contributed by atoms with Gasteiger partial charge in [0.05, 0.1) is 0 Å². The number of aliphatic carboxylic acids is 1. The summed E-state index contributed by atoms with van der Waals surface area (Å²) in [5.41, 5.74) is -2.61. The van der Waals surface area contributed by atoms with Crippen LogP contribution in [0.4, 0.5) is 0 Å². The van der Waals surface area contributed by atoms with Gasteiger partial charge in [-0.15, -0.1) is 23.2 Å². The molecule has 98 valence electrons. The van der Waals surface area contributed by atoms with Gasteiger partial charge in [-0.1, -0.05) is 12.1 Å². The third kappa shape index (κ3) is 2.73. The Kier molecular flexibility index (Phi) is 1.83. The Hall–Kier alpha value is -0.930. The van der Waals surface area contributed by atoms with Gasteiger partial charge in [-0.05, 0) is 37.8 Å². The van der Waals surface area contributed by atoms with E-state index in [2.05, 4.69) is 0 Å². The lowest BCUT2D eigenvalue weighted by Gasteiger charge is -2.21. The van der Waals surface area contributed by atoms with E-state index in [9.17, 15) is 9.90 Å². The van der Waals surface area contributed by atoms with Gasteiger partial charge >= 0.3 is 5.97 Å². The fourth-order valence-electron chi connectivity index (χ4n) is 1.56. The van der Waals surface area contributed by atoms with Crippen LogP contribution in [0.25, 0.3) is 0 Å². The Morgan fingerprint density at radius 3 is 2.44 bits per heavy atom. The maximum Gasteiger partial charge on any atom is 0.347 e. The molecule has 5 heteroatoms. The third-order valence-electron chi connectivity index (χ3n) is 2.68. The summed E-state index contributed by atoms with van der Waals surface area (Å²) < 4.78 is 48.4. The van der Waals surface area contributed by atoms with Crippen LogP contribution in [-0.2, 0) is 4.79 Å². The molecule has 0 amide bonds. The highest BCUT2D eigenvalue weighted by molar-refractivity contribution is 6.51. The van der Waals surface area contributed by atoms with Crippen LogP contribution in [0.15, 0.2) is 24.3 Å². The second-order valence-corrected chi connectivity index (χ2v) is 5.72. The monoisotopic (exact) mass is 294 g/mol. The molecule has 2 rings (SSSR count). The van der Waals surface area contributed by atoms with E-state index in [1.165, 1.54) is 24.3 Å². The Bertz CT molecular complexity index is 625. The molecule has 0 saturated heterocycles. The second kappa shape index (κ2) is 4.32. The first-order chi connectivity index (χ1) is 10.7. The lowest BCUT2D eigenvalue weighted by Crippen LogP contribution is -2.37. The predicted molar refractivity (Wildman–Crippen MR) is 70.6 cm³/mol. The molecule has 0 aliphatic heterocycles. The van der Waals surface area contributed by atoms with Crippen LogP contribution in [0.1, 0.15) is 39.8 Å². The van der Waals surface area contributed by atoms with Crippen LogP contribution < -0.4 is 4.74 Å². The van der Waals surface area contributed by atoms with Crippen LogP contribution in [0.5, 0.6) is 5.75 Å². The first kappa shape index (κ1) is 7.61. The summed E-state index contributed by atoms with van der Waals surface area (Å²) in [6.07, 6.45) is 0.555. The van der Waals surface area contributed by atoms with Gasteiger partial charge in [0.2, 0.25) is 0 Å². The summed E-state index contributed by atoms with van der Waals surface area (Å²) in [6.45, 7) is -6.83. The van der Waals surface area contributed by atoms with Gasteiger partial charge < -0.3 is 9.84 Å². The number of benzene rings is 1.